The number of ether oxygens (including phenoxy) is 1. The maximum atomic E-state index is 11.0. The molecule has 154 valence electrons. The van der Waals surface area contributed by atoms with Crippen LogP contribution in [0.3, 0.4) is 0 Å². The van der Waals surface area contributed by atoms with Crippen molar-refractivity contribution >= 4 is 12.2 Å². The highest BCUT2D eigenvalue weighted by Gasteiger charge is 2.20. The average Bonchev–Trinajstić information content (AvgIpc) is 2.73. The Morgan fingerprint density at radius 2 is 1.69 bits per heavy atom. The van der Waals surface area contributed by atoms with E-state index in [0.29, 0.717) is 25.6 Å². The number of benzene rings is 2. The zero-order valence-corrected chi connectivity index (χ0v) is 17.3. The quantitative estimate of drug-likeness (QED) is 0.740. The number of carbonyl (C=O) groups is 1. The molecule has 1 amide bonds. The van der Waals surface area contributed by atoms with E-state index >= 15 is 0 Å². The van der Waals surface area contributed by atoms with Gasteiger partial charge in [0.05, 0.1) is 0 Å². The van der Waals surface area contributed by atoms with E-state index < -0.39 is 6.09 Å². The summed E-state index contributed by atoms with van der Waals surface area (Å²) in [5, 5.41) is 9.02. The fraction of sp³-hybridized carbons (Fsp3) is 0.375. The second-order valence-corrected chi connectivity index (χ2v) is 7.72. The minimum Gasteiger partial charge on any atom is -0.490 e. The van der Waals surface area contributed by atoms with Gasteiger partial charge >= 0.3 is 6.09 Å². The molecule has 1 heterocycles. The SMILES string of the molecule is CC(C)c1ccc(OCC=Cc2ccc(CN3CCN(C(=O)O)CC3)cc2)cc1. The second-order valence-electron chi connectivity index (χ2n) is 7.72. The largest absolute Gasteiger partial charge is 0.490 e. The third kappa shape index (κ3) is 6.36. The van der Waals surface area contributed by atoms with E-state index in [1.807, 2.05) is 18.2 Å². The smallest absolute Gasteiger partial charge is 0.407 e. The molecule has 0 aromatic heterocycles. The van der Waals surface area contributed by atoms with Gasteiger partial charge in [-0.15, -0.1) is 0 Å². The summed E-state index contributed by atoms with van der Waals surface area (Å²) in [6.45, 7) is 8.48. The molecule has 0 aliphatic carbocycles. The monoisotopic (exact) mass is 394 g/mol. The predicted octanol–water partition coefficient (Wildman–Crippen LogP) is 4.70. The van der Waals surface area contributed by atoms with Gasteiger partial charge in [-0.3, -0.25) is 4.90 Å². The summed E-state index contributed by atoms with van der Waals surface area (Å²) in [4.78, 5) is 14.7. The van der Waals surface area contributed by atoms with Gasteiger partial charge < -0.3 is 14.7 Å². The minimum atomic E-state index is -0.822. The molecule has 5 nitrogen and oxygen atoms in total. The molecule has 1 aliphatic rings. The van der Waals surface area contributed by atoms with Gasteiger partial charge in [-0.05, 0) is 40.8 Å². The Balaban J connectivity index is 1.42. The van der Waals surface area contributed by atoms with Crippen LogP contribution in [0, 0.1) is 0 Å². The highest BCUT2D eigenvalue weighted by molar-refractivity contribution is 5.65. The molecule has 0 atom stereocenters. The van der Waals surface area contributed by atoms with Crippen molar-refractivity contribution in [1.29, 1.82) is 0 Å². The zero-order valence-electron chi connectivity index (χ0n) is 17.3. The van der Waals surface area contributed by atoms with Gasteiger partial charge in [-0.2, -0.15) is 0 Å². The van der Waals surface area contributed by atoms with Crippen LogP contribution in [-0.4, -0.2) is 53.8 Å². The summed E-state index contributed by atoms with van der Waals surface area (Å²) in [5.41, 5.74) is 3.70. The van der Waals surface area contributed by atoms with Gasteiger partial charge in [0, 0.05) is 32.7 Å². The van der Waals surface area contributed by atoms with Gasteiger partial charge in [0.1, 0.15) is 12.4 Å². The second kappa shape index (κ2) is 10.1. The van der Waals surface area contributed by atoms with Crippen molar-refractivity contribution in [3.05, 3.63) is 71.3 Å². The molecule has 0 radical (unpaired) electrons. The third-order valence-corrected chi connectivity index (χ3v) is 5.23. The maximum absolute atomic E-state index is 11.0. The molecular weight excluding hydrogens is 364 g/mol. The molecule has 1 aliphatic heterocycles. The van der Waals surface area contributed by atoms with Crippen LogP contribution in [0.2, 0.25) is 0 Å². The van der Waals surface area contributed by atoms with Crippen molar-refractivity contribution in [1.82, 2.24) is 9.80 Å². The van der Waals surface area contributed by atoms with Gasteiger partial charge in [0.15, 0.2) is 0 Å². The topological polar surface area (TPSA) is 53.0 Å². The normalized spacial score (nSPS) is 15.2. The summed E-state index contributed by atoms with van der Waals surface area (Å²) in [7, 11) is 0. The minimum absolute atomic E-state index is 0.529. The van der Waals surface area contributed by atoms with E-state index in [0.717, 1.165) is 30.9 Å². The van der Waals surface area contributed by atoms with Crippen molar-refractivity contribution in [3.8, 4) is 5.75 Å². The average molecular weight is 395 g/mol. The summed E-state index contributed by atoms with van der Waals surface area (Å²) in [5.74, 6) is 1.42. The Morgan fingerprint density at radius 1 is 1.03 bits per heavy atom. The fourth-order valence-electron chi connectivity index (χ4n) is 3.37. The molecule has 5 heteroatoms. The van der Waals surface area contributed by atoms with Gasteiger partial charge in [-0.1, -0.05) is 56.3 Å². The summed E-state index contributed by atoms with van der Waals surface area (Å²) >= 11 is 0. The summed E-state index contributed by atoms with van der Waals surface area (Å²) in [6, 6.07) is 16.8. The lowest BCUT2D eigenvalue weighted by molar-refractivity contribution is 0.103. The first-order valence-corrected chi connectivity index (χ1v) is 10.2. The molecule has 0 bridgehead atoms. The summed E-state index contributed by atoms with van der Waals surface area (Å²) in [6.07, 6.45) is 3.27. The van der Waals surface area contributed by atoms with Crippen molar-refractivity contribution in [2.45, 2.75) is 26.3 Å². The van der Waals surface area contributed by atoms with Crippen LogP contribution in [0.1, 0.15) is 36.5 Å². The molecule has 1 fully saturated rings. The van der Waals surface area contributed by atoms with Crippen LogP contribution in [0.4, 0.5) is 4.79 Å². The number of nitrogens with zero attached hydrogens (tertiary/aromatic N) is 2. The molecule has 2 aromatic carbocycles. The Bertz CT molecular complexity index is 805. The number of carboxylic acid groups (broad SMARTS) is 1. The van der Waals surface area contributed by atoms with Crippen LogP contribution in [0.5, 0.6) is 5.75 Å². The van der Waals surface area contributed by atoms with Crippen LogP contribution >= 0.6 is 0 Å². The first-order chi connectivity index (χ1) is 14.0. The lowest BCUT2D eigenvalue weighted by Gasteiger charge is -2.33. The summed E-state index contributed by atoms with van der Waals surface area (Å²) < 4.78 is 5.77. The lowest BCUT2D eigenvalue weighted by Crippen LogP contribution is -2.47. The van der Waals surface area contributed by atoms with Crippen molar-refractivity contribution in [2.75, 3.05) is 32.8 Å². The molecule has 2 aromatic rings. The van der Waals surface area contributed by atoms with Gasteiger partial charge in [-0.25, -0.2) is 4.79 Å². The highest BCUT2D eigenvalue weighted by atomic mass is 16.5. The molecule has 0 unspecified atom stereocenters. The molecule has 29 heavy (non-hydrogen) atoms. The lowest BCUT2D eigenvalue weighted by atomic mass is 10.0. The van der Waals surface area contributed by atoms with Crippen molar-refractivity contribution in [3.63, 3.8) is 0 Å². The van der Waals surface area contributed by atoms with E-state index in [1.54, 1.807) is 0 Å². The van der Waals surface area contributed by atoms with Gasteiger partial charge in [0.25, 0.3) is 0 Å². The third-order valence-electron chi connectivity index (χ3n) is 5.23. The van der Waals surface area contributed by atoms with Crippen LogP contribution in [0.25, 0.3) is 6.08 Å². The number of piperazine rings is 1. The maximum Gasteiger partial charge on any atom is 0.407 e. The van der Waals surface area contributed by atoms with E-state index in [-0.39, 0.29) is 0 Å². The van der Waals surface area contributed by atoms with Crippen LogP contribution < -0.4 is 4.74 Å². The standard InChI is InChI=1S/C24H30N2O3/c1-19(2)22-9-11-23(12-10-22)29-17-3-4-20-5-7-21(8-6-20)18-25-13-15-26(16-14-25)24(27)28/h3-12,19H,13-18H2,1-2H3,(H,27,28). The molecular formula is C24H30N2O3. The Labute approximate surface area is 173 Å². The van der Waals surface area contributed by atoms with Gasteiger partial charge in [0.2, 0.25) is 0 Å². The number of amides is 1. The van der Waals surface area contributed by atoms with Crippen molar-refractivity contribution in [2.24, 2.45) is 0 Å². The number of hydrogen-bond donors (Lipinski definition) is 1. The first kappa shape index (κ1) is 20.9. The highest BCUT2D eigenvalue weighted by Crippen LogP contribution is 2.18. The van der Waals surface area contributed by atoms with Crippen LogP contribution in [0.15, 0.2) is 54.6 Å². The van der Waals surface area contributed by atoms with E-state index in [2.05, 4.69) is 61.2 Å². The molecule has 0 spiro atoms. The van der Waals surface area contributed by atoms with E-state index in [9.17, 15) is 4.79 Å². The number of rotatable bonds is 7. The Morgan fingerprint density at radius 3 is 2.28 bits per heavy atom. The molecule has 1 saturated heterocycles. The first-order valence-electron chi connectivity index (χ1n) is 10.2. The number of hydrogen-bond acceptors (Lipinski definition) is 3. The Hall–Kier alpha value is -2.79. The predicted molar refractivity (Wildman–Crippen MR) is 116 cm³/mol. The zero-order chi connectivity index (χ0) is 20.6. The molecule has 3 rings (SSSR count). The molecule has 1 N–H and O–H groups in total. The Kier molecular flexibility index (Phi) is 7.30. The van der Waals surface area contributed by atoms with Crippen molar-refractivity contribution < 1.29 is 14.6 Å². The molecule has 0 saturated carbocycles. The van der Waals surface area contributed by atoms with E-state index in [1.165, 1.54) is 16.0 Å². The fourth-order valence-corrected chi connectivity index (χ4v) is 3.37. The van der Waals surface area contributed by atoms with E-state index in [4.69, 9.17) is 9.84 Å². The van der Waals surface area contributed by atoms with Crippen LogP contribution in [-0.2, 0) is 6.54 Å².